The monoisotopic (exact) mass is 1060 g/mol. The minimum absolute atomic E-state index is 0.0555. The zero-order chi connectivity index (χ0) is 54.2. The maximum absolute atomic E-state index is 13.0. The number of rotatable bonds is 59. The molecule has 9 heteroatoms. The van der Waals surface area contributed by atoms with Crippen LogP contribution in [-0.2, 0) is 18.4 Å². The molecule has 0 bridgehead atoms. The number of hydrogen-bond donors (Lipinski definition) is 3. The summed E-state index contributed by atoms with van der Waals surface area (Å²) in [5.41, 5.74) is 0. The molecule has 0 spiro atoms. The number of quaternary nitrogens is 1. The van der Waals surface area contributed by atoms with Crippen molar-refractivity contribution in [2.75, 3.05) is 40.9 Å². The Labute approximate surface area is 460 Å². The quantitative estimate of drug-likeness (QED) is 0.0243. The van der Waals surface area contributed by atoms with Crippen LogP contribution in [0.15, 0.2) is 48.6 Å². The first-order valence-electron chi connectivity index (χ1n) is 32.0. The van der Waals surface area contributed by atoms with Gasteiger partial charge in [0.05, 0.1) is 39.9 Å². The van der Waals surface area contributed by atoms with E-state index in [1.54, 1.807) is 6.08 Å². The van der Waals surface area contributed by atoms with Crippen molar-refractivity contribution in [1.29, 1.82) is 0 Å². The van der Waals surface area contributed by atoms with E-state index in [1.807, 2.05) is 27.2 Å². The summed E-state index contributed by atoms with van der Waals surface area (Å²) in [5, 5.41) is 14.0. The Balaban J connectivity index is 4.18. The van der Waals surface area contributed by atoms with Crippen LogP contribution in [0.4, 0.5) is 0 Å². The van der Waals surface area contributed by atoms with Crippen LogP contribution in [0.5, 0.6) is 0 Å². The summed E-state index contributed by atoms with van der Waals surface area (Å²) in [6.07, 6.45) is 75.2. The van der Waals surface area contributed by atoms with Crippen LogP contribution in [0.3, 0.4) is 0 Å². The number of amides is 1. The average Bonchev–Trinajstić information content (AvgIpc) is 3.36. The van der Waals surface area contributed by atoms with E-state index in [-0.39, 0.29) is 19.1 Å². The van der Waals surface area contributed by atoms with E-state index >= 15 is 0 Å². The standard InChI is InChI=1S/C65H125N2O6P/c1-6-8-10-12-14-16-18-20-22-24-26-28-30-32-33-35-37-39-41-43-45-47-49-51-53-55-57-59-65(69)66-63(62-73-74(70,71)72-61-60-67(3,4)5)64(68)58-56-54-52-50-48-46-44-42-40-38-36-34-31-29-27-25-23-21-19-17-15-13-11-9-7-2/h26,28,32-33,48,50,56,58,63-64,68H,6-25,27,29-31,34-47,49,51-55,57,59-62H2,1-5H3,(H-,66,69,70,71)/p+1/b28-26-,33-32-,50-48+,58-56+. The second-order valence-corrected chi connectivity index (χ2v) is 24.6. The molecular formula is C65H126N2O6P+. The summed E-state index contributed by atoms with van der Waals surface area (Å²) in [6.45, 7) is 4.83. The fourth-order valence-electron chi connectivity index (χ4n) is 9.50. The fourth-order valence-corrected chi connectivity index (χ4v) is 10.2. The third-order valence-corrected chi connectivity index (χ3v) is 15.5. The molecule has 0 aromatic heterocycles. The Morgan fingerprint density at radius 1 is 0.459 bits per heavy atom. The van der Waals surface area contributed by atoms with Crippen molar-refractivity contribution in [2.45, 2.75) is 321 Å². The first-order valence-corrected chi connectivity index (χ1v) is 33.5. The van der Waals surface area contributed by atoms with Gasteiger partial charge in [-0.25, -0.2) is 4.57 Å². The number of aliphatic hydroxyl groups is 1. The molecule has 0 aromatic rings. The van der Waals surface area contributed by atoms with E-state index in [0.717, 1.165) is 44.9 Å². The number of unbranched alkanes of at least 4 members (excludes halogenated alkanes) is 40. The van der Waals surface area contributed by atoms with Crippen molar-refractivity contribution in [1.82, 2.24) is 5.32 Å². The molecular weight excluding hydrogens is 936 g/mol. The molecule has 0 heterocycles. The highest BCUT2D eigenvalue weighted by Gasteiger charge is 2.27. The normalized spacial score (nSPS) is 14.1. The van der Waals surface area contributed by atoms with Gasteiger partial charge in [-0.1, -0.05) is 287 Å². The summed E-state index contributed by atoms with van der Waals surface area (Å²) < 4.78 is 23.8. The Bertz CT molecular complexity index is 1340. The number of likely N-dealkylation sites (N-methyl/N-ethyl adjacent to an activating group) is 1. The van der Waals surface area contributed by atoms with Crippen LogP contribution < -0.4 is 5.32 Å². The number of nitrogens with one attached hydrogen (secondary N) is 1. The third-order valence-electron chi connectivity index (χ3n) is 14.5. The van der Waals surface area contributed by atoms with E-state index < -0.39 is 20.0 Å². The smallest absolute Gasteiger partial charge is 0.387 e. The highest BCUT2D eigenvalue weighted by Crippen LogP contribution is 2.43. The Kier molecular flexibility index (Phi) is 55.0. The number of hydrogen-bond acceptors (Lipinski definition) is 5. The third kappa shape index (κ3) is 58.1. The molecule has 3 unspecified atom stereocenters. The number of carbonyl (C=O) groups is 1. The number of carbonyl (C=O) groups excluding carboxylic acids is 1. The molecule has 3 atom stereocenters. The van der Waals surface area contributed by atoms with Gasteiger partial charge in [0.25, 0.3) is 0 Å². The zero-order valence-corrected chi connectivity index (χ0v) is 50.7. The molecule has 8 nitrogen and oxygen atoms in total. The van der Waals surface area contributed by atoms with Crippen molar-refractivity contribution in [2.24, 2.45) is 0 Å². The molecule has 0 rings (SSSR count). The minimum Gasteiger partial charge on any atom is -0.387 e. The molecule has 0 aromatic carbocycles. The molecule has 0 aliphatic rings. The van der Waals surface area contributed by atoms with Crippen molar-refractivity contribution in [3.63, 3.8) is 0 Å². The van der Waals surface area contributed by atoms with Crippen LogP contribution in [0.25, 0.3) is 0 Å². The highest BCUT2D eigenvalue weighted by molar-refractivity contribution is 7.47. The number of allylic oxidation sites excluding steroid dienone is 7. The second kappa shape index (κ2) is 56.2. The highest BCUT2D eigenvalue weighted by atomic mass is 31.2. The van der Waals surface area contributed by atoms with Crippen molar-refractivity contribution >= 4 is 13.7 Å². The molecule has 3 N–H and O–H groups in total. The first-order chi connectivity index (χ1) is 36.0. The largest absolute Gasteiger partial charge is 0.472 e. The predicted molar refractivity (Wildman–Crippen MR) is 323 cm³/mol. The van der Waals surface area contributed by atoms with Crippen molar-refractivity contribution < 1.29 is 32.9 Å². The van der Waals surface area contributed by atoms with Crippen LogP contribution in [0.1, 0.15) is 309 Å². The van der Waals surface area contributed by atoms with E-state index in [0.29, 0.717) is 17.4 Å². The Morgan fingerprint density at radius 2 is 0.784 bits per heavy atom. The summed E-state index contributed by atoms with van der Waals surface area (Å²) in [4.78, 5) is 23.4. The predicted octanol–water partition coefficient (Wildman–Crippen LogP) is 19.9. The molecule has 0 aliphatic heterocycles. The van der Waals surface area contributed by atoms with Gasteiger partial charge >= 0.3 is 7.82 Å². The van der Waals surface area contributed by atoms with Crippen molar-refractivity contribution in [3.8, 4) is 0 Å². The number of phosphoric acid groups is 1. The van der Waals surface area contributed by atoms with Gasteiger partial charge in [-0.2, -0.15) is 0 Å². The van der Waals surface area contributed by atoms with E-state index in [1.165, 1.54) is 244 Å². The first kappa shape index (κ1) is 72.5. The summed E-state index contributed by atoms with van der Waals surface area (Å²) in [5.74, 6) is -0.186. The van der Waals surface area contributed by atoms with Gasteiger partial charge < -0.3 is 19.8 Å². The lowest BCUT2D eigenvalue weighted by Crippen LogP contribution is -2.45. The molecule has 0 saturated heterocycles. The molecule has 0 saturated carbocycles. The van der Waals surface area contributed by atoms with E-state index in [4.69, 9.17) is 9.05 Å². The topological polar surface area (TPSA) is 105 Å². The zero-order valence-electron chi connectivity index (χ0n) is 49.8. The second-order valence-electron chi connectivity index (χ2n) is 23.1. The molecule has 0 fully saturated rings. The lowest BCUT2D eigenvalue weighted by atomic mass is 10.0. The fraction of sp³-hybridized carbons (Fsp3) is 0.862. The van der Waals surface area contributed by atoms with Gasteiger partial charge in [0.1, 0.15) is 13.2 Å². The van der Waals surface area contributed by atoms with Gasteiger partial charge in [-0.05, 0) is 64.2 Å². The van der Waals surface area contributed by atoms with Crippen LogP contribution in [0, 0.1) is 0 Å². The number of phosphoric ester groups is 1. The van der Waals surface area contributed by atoms with Gasteiger partial charge in [-0.15, -0.1) is 0 Å². The SMILES string of the molecule is CCCCCCCCCCC/C=C\C/C=C\CCCCCCCCCCCCCC(=O)NC(COP(=O)(O)OCC[N+](C)(C)C)C(O)/C=C/CC/C=C/CCCCCCCCCCCCCCCCCCCCC. The molecule has 74 heavy (non-hydrogen) atoms. The van der Waals surface area contributed by atoms with Crippen molar-refractivity contribution in [3.05, 3.63) is 48.6 Å². The summed E-state index contributed by atoms with van der Waals surface area (Å²) >= 11 is 0. The lowest BCUT2D eigenvalue weighted by molar-refractivity contribution is -0.870. The Morgan fingerprint density at radius 3 is 1.16 bits per heavy atom. The number of aliphatic hydroxyl groups excluding tert-OH is 1. The van der Waals surface area contributed by atoms with E-state index in [2.05, 4.69) is 55.6 Å². The van der Waals surface area contributed by atoms with Crippen LogP contribution in [0.2, 0.25) is 0 Å². The summed E-state index contributed by atoms with van der Waals surface area (Å²) in [6, 6.07) is -0.867. The molecule has 1 amide bonds. The van der Waals surface area contributed by atoms with Gasteiger partial charge in [-0.3, -0.25) is 13.8 Å². The molecule has 0 aliphatic carbocycles. The van der Waals surface area contributed by atoms with Gasteiger partial charge in [0, 0.05) is 6.42 Å². The molecule has 436 valence electrons. The molecule has 0 radical (unpaired) electrons. The Hall–Kier alpha value is -1.54. The van der Waals surface area contributed by atoms with Gasteiger partial charge in [0.2, 0.25) is 5.91 Å². The minimum atomic E-state index is -4.36. The van der Waals surface area contributed by atoms with Gasteiger partial charge in [0.15, 0.2) is 0 Å². The van der Waals surface area contributed by atoms with Crippen LogP contribution in [-0.4, -0.2) is 73.4 Å². The number of nitrogens with zero attached hydrogens (tertiary/aromatic N) is 1. The lowest BCUT2D eigenvalue weighted by Gasteiger charge is -2.25. The van der Waals surface area contributed by atoms with E-state index in [9.17, 15) is 19.4 Å². The maximum atomic E-state index is 13.0. The van der Waals surface area contributed by atoms with Crippen LogP contribution >= 0.6 is 7.82 Å². The average molecular weight is 1060 g/mol. The summed E-state index contributed by atoms with van der Waals surface area (Å²) in [7, 11) is 1.56. The maximum Gasteiger partial charge on any atom is 0.472 e.